The Morgan fingerprint density at radius 3 is 2.67 bits per heavy atom. The fourth-order valence-electron chi connectivity index (χ4n) is 1.62. The molecule has 0 spiro atoms. The number of aliphatic hydroxyl groups excluding tert-OH is 1. The number of methoxy groups -OCH3 is 1. The molecular formula is C15H20N4O5. The standard InChI is InChI=1S/C15H20N4O5/c1-10(18-19-15(23)14(22)16-6-7-20)8-13(21)17-11-4-3-5-12(9-11)24-2/h3-5,9,20H,6-8H2,1-2H3,(H,16,22)(H,17,21)(H,19,23)/b18-10+. The number of hydrogen-bond acceptors (Lipinski definition) is 6. The lowest BCUT2D eigenvalue weighted by molar-refractivity contribution is -0.139. The van der Waals surface area contributed by atoms with E-state index in [1.165, 1.54) is 14.0 Å². The minimum absolute atomic E-state index is 0.0299. The SMILES string of the molecule is COc1cccc(NC(=O)C/C(C)=N/NC(=O)C(=O)NCCO)c1. The van der Waals surface area contributed by atoms with Crippen molar-refractivity contribution in [2.45, 2.75) is 13.3 Å². The maximum Gasteiger partial charge on any atom is 0.329 e. The Balaban J connectivity index is 2.47. The molecule has 0 heterocycles. The lowest BCUT2D eigenvalue weighted by Crippen LogP contribution is -2.39. The molecule has 1 aromatic rings. The second-order valence-electron chi connectivity index (χ2n) is 4.72. The molecule has 1 rings (SSSR count). The summed E-state index contributed by atoms with van der Waals surface area (Å²) in [6.45, 7) is 1.24. The zero-order valence-electron chi connectivity index (χ0n) is 13.5. The topological polar surface area (TPSA) is 129 Å². The molecule has 0 radical (unpaired) electrons. The normalized spacial score (nSPS) is 10.7. The Morgan fingerprint density at radius 2 is 2.00 bits per heavy atom. The second-order valence-corrected chi connectivity index (χ2v) is 4.72. The number of amides is 3. The molecule has 0 fully saturated rings. The molecule has 0 aliphatic rings. The number of rotatable bonds is 7. The highest BCUT2D eigenvalue weighted by atomic mass is 16.5. The maximum absolute atomic E-state index is 11.9. The Morgan fingerprint density at radius 1 is 1.25 bits per heavy atom. The van der Waals surface area contributed by atoms with Crippen molar-refractivity contribution in [2.24, 2.45) is 5.10 Å². The average Bonchev–Trinajstić information content (AvgIpc) is 2.57. The van der Waals surface area contributed by atoms with Gasteiger partial charge in [0.25, 0.3) is 0 Å². The monoisotopic (exact) mass is 336 g/mol. The van der Waals surface area contributed by atoms with E-state index in [0.29, 0.717) is 17.1 Å². The summed E-state index contributed by atoms with van der Waals surface area (Å²) < 4.78 is 5.06. The first-order valence-electron chi connectivity index (χ1n) is 7.12. The predicted octanol–water partition coefficient (Wildman–Crippen LogP) is -0.376. The van der Waals surface area contributed by atoms with E-state index in [0.717, 1.165) is 0 Å². The maximum atomic E-state index is 11.9. The molecule has 0 saturated heterocycles. The van der Waals surface area contributed by atoms with Gasteiger partial charge in [-0.3, -0.25) is 14.4 Å². The van der Waals surface area contributed by atoms with E-state index in [2.05, 4.69) is 15.7 Å². The fourth-order valence-corrected chi connectivity index (χ4v) is 1.62. The van der Waals surface area contributed by atoms with Gasteiger partial charge >= 0.3 is 11.8 Å². The van der Waals surface area contributed by atoms with E-state index < -0.39 is 11.8 Å². The van der Waals surface area contributed by atoms with Crippen LogP contribution < -0.4 is 20.8 Å². The summed E-state index contributed by atoms with van der Waals surface area (Å²) in [5.74, 6) is -1.61. The highest BCUT2D eigenvalue weighted by molar-refractivity contribution is 6.35. The molecule has 9 heteroatoms. The van der Waals surface area contributed by atoms with Crippen LogP contribution >= 0.6 is 0 Å². The van der Waals surface area contributed by atoms with E-state index in [-0.39, 0.29) is 25.5 Å². The Hall–Kier alpha value is -2.94. The van der Waals surface area contributed by atoms with Crippen LogP contribution in [-0.4, -0.2) is 48.8 Å². The van der Waals surface area contributed by atoms with Crippen LogP contribution in [-0.2, 0) is 14.4 Å². The van der Waals surface area contributed by atoms with Crippen molar-refractivity contribution in [3.8, 4) is 5.75 Å². The number of aliphatic hydroxyl groups is 1. The van der Waals surface area contributed by atoms with Gasteiger partial charge in [-0.1, -0.05) is 6.07 Å². The van der Waals surface area contributed by atoms with Crippen molar-refractivity contribution in [3.05, 3.63) is 24.3 Å². The third-order valence-electron chi connectivity index (χ3n) is 2.72. The van der Waals surface area contributed by atoms with Crippen molar-refractivity contribution in [1.29, 1.82) is 0 Å². The summed E-state index contributed by atoms with van der Waals surface area (Å²) >= 11 is 0. The summed E-state index contributed by atoms with van der Waals surface area (Å²) in [7, 11) is 1.52. The molecule has 9 nitrogen and oxygen atoms in total. The molecule has 0 atom stereocenters. The second kappa shape index (κ2) is 9.95. The lowest BCUT2D eigenvalue weighted by Gasteiger charge is -2.07. The zero-order chi connectivity index (χ0) is 17.9. The minimum Gasteiger partial charge on any atom is -0.497 e. The molecule has 3 amide bonds. The van der Waals surface area contributed by atoms with E-state index in [9.17, 15) is 14.4 Å². The van der Waals surface area contributed by atoms with Gasteiger partial charge in [-0.05, 0) is 19.1 Å². The van der Waals surface area contributed by atoms with Gasteiger partial charge in [0.2, 0.25) is 5.91 Å². The molecule has 0 aliphatic carbocycles. The zero-order valence-corrected chi connectivity index (χ0v) is 13.5. The summed E-state index contributed by atoms with van der Waals surface area (Å²) in [6.07, 6.45) is -0.0598. The Kier molecular flexibility index (Phi) is 7.92. The number of hydrogen-bond donors (Lipinski definition) is 4. The van der Waals surface area contributed by atoms with E-state index in [1.807, 2.05) is 5.43 Å². The molecule has 4 N–H and O–H groups in total. The first-order chi connectivity index (χ1) is 11.5. The molecule has 130 valence electrons. The number of nitrogens with zero attached hydrogens (tertiary/aromatic N) is 1. The van der Waals surface area contributed by atoms with E-state index >= 15 is 0 Å². The van der Waals surface area contributed by atoms with Crippen molar-refractivity contribution < 1.29 is 24.2 Å². The van der Waals surface area contributed by atoms with Crippen LogP contribution in [0.2, 0.25) is 0 Å². The van der Waals surface area contributed by atoms with Gasteiger partial charge in [0.1, 0.15) is 5.75 Å². The molecule has 0 bridgehead atoms. The third-order valence-corrected chi connectivity index (χ3v) is 2.72. The van der Waals surface area contributed by atoms with Crippen LogP contribution in [0.1, 0.15) is 13.3 Å². The van der Waals surface area contributed by atoms with Gasteiger partial charge in [0, 0.05) is 24.0 Å². The van der Waals surface area contributed by atoms with Gasteiger partial charge in [0.05, 0.1) is 20.1 Å². The fraction of sp³-hybridized carbons (Fsp3) is 0.333. The Labute approximate surface area is 139 Å². The summed E-state index contributed by atoms with van der Waals surface area (Å²) in [4.78, 5) is 34.5. The van der Waals surface area contributed by atoms with Crippen LogP contribution in [0.15, 0.2) is 29.4 Å². The van der Waals surface area contributed by atoms with Gasteiger partial charge in [-0.2, -0.15) is 5.10 Å². The average molecular weight is 336 g/mol. The number of hydrazone groups is 1. The molecule has 24 heavy (non-hydrogen) atoms. The summed E-state index contributed by atoms with van der Waals surface area (Å²) in [5.41, 5.74) is 2.92. The number of benzene rings is 1. The van der Waals surface area contributed by atoms with Gasteiger partial charge < -0.3 is 20.5 Å². The van der Waals surface area contributed by atoms with E-state index in [1.54, 1.807) is 24.3 Å². The minimum atomic E-state index is -0.976. The van der Waals surface area contributed by atoms with Gasteiger partial charge in [-0.15, -0.1) is 0 Å². The molecule has 0 aliphatic heterocycles. The molecule has 1 aromatic carbocycles. The highest BCUT2D eigenvalue weighted by Gasteiger charge is 2.12. The van der Waals surface area contributed by atoms with Gasteiger partial charge in [-0.25, -0.2) is 5.43 Å². The summed E-state index contributed by atoms with van der Waals surface area (Å²) in [6, 6.07) is 6.86. The number of ether oxygens (including phenoxy) is 1. The van der Waals surface area contributed by atoms with Crippen LogP contribution in [0.25, 0.3) is 0 Å². The van der Waals surface area contributed by atoms with Crippen LogP contribution in [0.5, 0.6) is 5.75 Å². The molecule has 0 unspecified atom stereocenters. The number of anilines is 1. The van der Waals surface area contributed by atoms with Crippen molar-refractivity contribution in [2.75, 3.05) is 25.6 Å². The van der Waals surface area contributed by atoms with Crippen molar-refractivity contribution in [1.82, 2.24) is 10.7 Å². The lowest BCUT2D eigenvalue weighted by atomic mass is 10.2. The quantitative estimate of drug-likeness (QED) is 0.307. The largest absolute Gasteiger partial charge is 0.497 e. The summed E-state index contributed by atoms with van der Waals surface area (Å²) in [5, 5.41) is 17.1. The number of carbonyl (C=O) groups is 3. The Bertz CT molecular complexity index is 630. The first-order valence-corrected chi connectivity index (χ1v) is 7.12. The predicted molar refractivity (Wildman–Crippen MR) is 87.6 cm³/mol. The highest BCUT2D eigenvalue weighted by Crippen LogP contribution is 2.16. The number of nitrogens with one attached hydrogen (secondary N) is 3. The molecule has 0 saturated carbocycles. The van der Waals surface area contributed by atoms with Crippen LogP contribution in [0, 0.1) is 0 Å². The number of carbonyl (C=O) groups excluding carboxylic acids is 3. The van der Waals surface area contributed by atoms with Gasteiger partial charge in [0.15, 0.2) is 0 Å². The van der Waals surface area contributed by atoms with Crippen LogP contribution in [0.4, 0.5) is 5.69 Å². The third kappa shape index (κ3) is 6.88. The van der Waals surface area contributed by atoms with Crippen molar-refractivity contribution in [3.63, 3.8) is 0 Å². The first kappa shape index (κ1) is 19.1. The van der Waals surface area contributed by atoms with Crippen molar-refractivity contribution >= 4 is 29.1 Å². The molecule has 0 aromatic heterocycles. The smallest absolute Gasteiger partial charge is 0.329 e. The van der Waals surface area contributed by atoms with E-state index in [4.69, 9.17) is 9.84 Å². The van der Waals surface area contributed by atoms with Crippen LogP contribution in [0.3, 0.4) is 0 Å². The molecular weight excluding hydrogens is 316 g/mol.